The molecule has 0 aliphatic carbocycles. The second-order valence-corrected chi connectivity index (χ2v) is 6.38. The second kappa shape index (κ2) is 9.00. The Hall–Kier alpha value is -0.640. The molecule has 10 heteroatoms. The quantitative estimate of drug-likeness (QED) is 0.407. The first-order valence-electron chi connectivity index (χ1n) is 6.96. The molecule has 3 N–H and O–H groups in total. The predicted octanol–water partition coefficient (Wildman–Crippen LogP) is -0.823. The standard InChI is InChI=1S/C13H20Cl2O8/c1-5(14)12(19)21-3-7(15)13(20)22-4-8-10(17)11(18)9(16)6(2)23-8/h5-11,16-18H,3-4H2,1-2H3. The normalized spacial score (nSPS) is 33.6. The third-order valence-electron chi connectivity index (χ3n) is 3.29. The van der Waals surface area contributed by atoms with E-state index in [1.165, 1.54) is 13.8 Å². The molecule has 7 unspecified atom stereocenters. The Balaban J connectivity index is 2.41. The van der Waals surface area contributed by atoms with Gasteiger partial charge in [0, 0.05) is 0 Å². The molecule has 1 rings (SSSR count). The minimum atomic E-state index is -1.42. The monoisotopic (exact) mass is 374 g/mol. The summed E-state index contributed by atoms with van der Waals surface area (Å²) in [6.07, 6.45) is -5.83. The van der Waals surface area contributed by atoms with E-state index in [1.807, 2.05) is 0 Å². The average Bonchev–Trinajstić information content (AvgIpc) is 2.51. The third-order valence-corrected chi connectivity index (χ3v) is 3.78. The van der Waals surface area contributed by atoms with E-state index >= 15 is 0 Å². The lowest BCUT2D eigenvalue weighted by Gasteiger charge is -2.39. The summed E-state index contributed by atoms with van der Waals surface area (Å²) >= 11 is 11.2. The molecule has 0 aromatic heterocycles. The highest BCUT2D eigenvalue weighted by Crippen LogP contribution is 2.21. The number of hydrogen-bond acceptors (Lipinski definition) is 8. The number of rotatable bonds is 6. The van der Waals surface area contributed by atoms with Gasteiger partial charge in [-0.15, -0.1) is 23.2 Å². The number of carbonyl (C=O) groups is 2. The smallest absolute Gasteiger partial charge is 0.327 e. The van der Waals surface area contributed by atoms with Crippen LogP contribution in [-0.4, -0.2) is 81.7 Å². The fraction of sp³-hybridized carbons (Fsp3) is 0.846. The van der Waals surface area contributed by atoms with Gasteiger partial charge in [0.2, 0.25) is 0 Å². The zero-order valence-corrected chi connectivity index (χ0v) is 14.1. The van der Waals surface area contributed by atoms with Gasteiger partial charge in [0.1, 0.15) is 43.0 Å². The van der Waals surface area contributed by atoms with Crippen molar-refractivity contribution in [2.45, 2.75) is 55.1 Å². The maximum absolute atomic E-state index is 11.7. The number of alkyl halides is 2. The summed E-state index contributed by atoms with van der Waals surface area (Å²) in [4.78, 5) is 22.8. The zero-order valence-electron chi connectivity index (χ0n) is 12.6. The second-order valence-electron chi connectivity index (χ2n) is 5.20. The highest BCUT2D eigenvalue weighted by Gasteiger charge is 2.42. The van der Waals surface area contributed by atoms with Crippen LogP contribution >= 0.6 is 23.2 Å². The Morgan fingerprint density at radius 2 is 1.70 bits per heavy atom. The molecule has 0 bridgehead atoms. The van der Waals surface area contributed by atoms with Gasteiger partial charge in [0.25, 0.3) is 0 Å². The number of ether oxygens (including phenoxy) is 3. The van der Waals surface area contributed by atoms with E-state index in [-0.39, 0.29) is 6.61 Å². The number of aliphatic hydroxyl groups is 3. The molecule has 1 aliphatic heterocycles. The topological polar surface area (TPSA) is 123 Å². The van der Waals surface area contributed by atoms with E-state index in [4.69, 9.17) is 37.4 Å². The van der Waals surface area contributed by atoms with Crippen LogP contribution in [0.25, 0.3) is 0 Å². The number of carbonyl (C=O) groups excluding carboxylic acids is 2. The fourth-order valence-electron chi connectivity index (χ4n) is 1.87. The summed E-state index contributed by atoms with van der Waals surface area (Å²) in [5.41, 5.74) is 0. The first kappa shape index (κ1) is 20.4. The van der Waals surface area contributed by atoms with Gasteiger partial charge in [0.15, 0.2) is 5.38 Å². The van der Waals surface area contributed by atoms with Crippen molar-refractivity contribution in [1.82, 2.24) is 0 Å². The van der Waals surface area contributed by atoms with E-state index < -0.39 is 59.8 Å². The lowest BCUT2D eigenvalue weighted by Crippen LogP contribution is -2.58. The summed E-state index contributed by atoms with van der Waals surface area (Å²) in [5.74, 6) is -1.60. The molecule has 1 aliphatic rings. The lowest BCUT2D eigenvalue weighted by molar-refractivity contribution is -0.227. The van der Waals surface area contributed by atoms with E-state index in [0.717, 1.165) is 0 Å². The molecule has 8 nitrogen and oxygen atoms in total. The van der Waals surface area contributed by atoms with Crippen LogP contribution < -0.4 is 0 Å². The van der Waals surface area contributed by atoms with Gasteiger partial charge in [-0.3, -0.25) is 9.59 Å². The Morgan fingerprint density at radius 3 is 2.26 bits per heavy atom. The van der Waals surface area contributed by atoms with Crippen molar-refractivity contribution in [3.63, 3.8) is 0 Å². The first-order chi connectivity index (χ1) is 10.6. The molecule has 7 atom stereocenters. The predicted molar refractivity (Wildman–Crippen MR) is 79.2 cm³/mol. The molecule has 23 heavy (non-hydrogen) atoms. The lowest BCUT2D eigenvalue weighted by atomic mass is 9.96. The maximum atomic E-state index is 11.7. The van der Waals surface area contributed by atoms with Crippen molar-refractivity contribution in [1.29, 1.82) is 0 Å². The summed E-state index contributed by atoms with van der Waals surface area (Å²) in [6, 6.07) is 0. The molecule has 1 heterocycles. The van der Waals surface area contributed by atoms with Crippen molar-refractivity contribution in [3.05, 3.63) is 0 Å². The Labute approximate surface area is 143 Å². The fourth-order valence-corrected chi connectivity index (χ4v) is 2.06. The molecule has 0 aromatic rings. The summed E-state index contributed by atoms with van der Waals surface area (Å²) in [7, 11) is 0. The minimum absolute atomic E-state index is 0.378. The van der Waals surface area contributed by atoms with Crippen LogP contribution in [0.4, 0.5) is 0 Å². The van der Waals surface area contributed by atoms with Crippen molar-refractivity contribution >= 4 is 35.1 Å². The molecule has 0 aromatic carbocycles. The Bertz CT molecular complexity index is 419. The van der Waals surface area contributed by atoms with Gasteiger partial charge in [-0.1, -0.05) is 0 Å². The average molecular weight is 375 g/mol. The zero-order chi connectivity index (χ0) is 17.7. The van der Waals surface area contributed by atoms with Gasteiger partial charge in [-0.25, -0.2) is 0 Å². The molecule has 0 amide bonds. The molecule has 0 saturated carbocycles. The van der Waals surface area contributed by atoms with Crippen LogP contribution in [0, 0.1) is 0 Å². The number of halogens is 2. The summed E-state index contributed by atoms with van der Waals surface area (Å²) in [5, 5.41) is 26.8. The molecule has 1 saturated heterocycles. The molecule has 1 fully saturated rings. The Kier molecular flexibility index (Phi) is 7.99. The van der Waals surface area contributed by atoms with Crippen LogP contribution in [0.1, 0.15) is 13.8 Å². The third kappa shape index (κ3) is 5.74. The molecule has 0 spiro atoms. The number of hydrogen-bond donors (Lipinski definition) is 3. The van der Waals surface area contributed by atoms with Crippen LogP contribution in [-0.2, 0) is 23.8 Å². The van der Waals surface area contributed by atoms with Gasteiger partial charge < -0.3 is 29.5 Å². The van der Waals surface area contributed by atoms with Gasteiger partial charge in [0.05, 0.1) is 6.10 Å². The highest BCUT2D eigenvalue weighted by molar-refractivity contribution is 6.30. The number of aliphatic hydroxyl groups excluding tert-OH is 3. The van der Waals surface area contributed by atoms with E-state index in [1.54, 1.807) is 0 Å². The largest absolute Gasteiger partial charge is 0.462 e. The molecule has 0 radical (unpaired) electrons. The van der Waals surface area contributed by atoms with Crippen molar-refractivity contribution in [2.24, 2.45) is 0 Å². The molecular weight excluding hydrogens is 355 g/mol. The van der Waals surface area contributed by atoms with Crippen LogP contribution in [0.2, 0.25) is 0 Å². The molecule has 134 valence electrons. The SMILES string of the molecule is CC(Cl)C(=O)OCC(Cl)C(=O)OCC1OC(C)C(O)C(O)C1O. The van der Waals surface area contributed by atoms with Crippen LogP contribution in [0.3, 0.4) is 0 Å². The summed E-state index contributed by atoms with van der Waals surface area (Å²) < 4.78 is 14.8. The first-order valence-corrected chi connectivity index (χ1v) is 7.83. The van der Waals surface area contributed by atoms with Gasteiger partial charge in [-0.2, -0.15) is 0 Å². The van der Waals surface area contributed by atoms with E-state index in [2.05, 4.69) is 0 Å². The van der Waals surface area contributed by atoms with E-state index in [9.17, 15) is 24.9 Å². The van der Waals surface area contributed by atoms with Crippen LogP contribution in [0.5, 0.6) is 0 Å². The highest BCUT2D eigenvalue weighted by atomic mass is 35.5. The Morgan fingerprint density at radius 1 is 1.09 bits per heavy atom. The van der Waals surface area contributed by atoms with Gasteiger partial charge in [-0.05, 0) is 13.8 Å². The molecular formula is C13H20Cl2O8. The van der Waals surface area contributed by atoms with Crippen molar-refractivity contribution in [3.8, 4) is 0 Å². The van der Waals surface area contributed by atoms with Gasteiger partial charge >= 0.3 is 11.9 Å². The minimum Gasteiger partial charge on any atom is -0.462 e. The summed E-state index contributed by atoms with van der Waals surface area (Å²) in [6.45, 7) is 2.12. The van der Waals surface area contributed by atoms with Crippen molar-refractivity contribution < 1.29 is 39.1 Å². The maximum Gasteiger partial charge on any atom is 0.327 e. The number of esters is 2. The van der Waals surface area contributed by atoms with E-state index in [0.29, 0.717) is 0 Å². The van der Waals surface area contributed by atoms with Crippen molar-refractivity contribution in [2.75, 3.05) is 13.2 Å². The van der Waals surface area contributed by atoms with Crippen LogP contribution in [0.15, 0.2) is 0 Å².